The van der Waals surface area contributed by atoms with Crippen LogP contribution in [0.2, 0.25) is 0 Å². The summed E-state index contributed by atoms with van der Waals surface area (Å²) in [5.41, 5.74) is -1.86. The standard InChI is InChI=1S/C16H18N2O6S/c1-3-24-13(19)11-9-6-4-5-7-10(9)25-12(11)18-15(22)17-8-16(2,23)14(20)21/h4-7,23H,3,8H2,1-2H3,(H,20,21)(H2,17,18,22). The average molecular weight is 366 g/mol. The van der Waals surface area contributed by atoms with Crippen molar-refractivity contribution in [2.45, 2.75) is 19.4 Å². The molecule has 1 atom stereocenters. The Morgan fingerprint density at radius 3 is 2.60 bits per heavy atom. The van der Waals surface area contributed by atoms with E-state index < -0.39 is 30.1 Å². The summed E-state index contributed by atoms with van der Waals surface area (Å²) in [5, 5.41) is 24.2. The van der Waals surface area contributed by atoms with Crippen molar-refractivity contribution >= 4 is 44.4 Å². The Balaban J connectivity index is 2.22. The van der Waals surface area contributed by atoms with Gasteiger partial charge in [-0.2, -0.15) is 0 Å². The second kappa shape index (κ2) is 7.49. The molecule has 2 aromatic rings. The molecule has 2 rings (SSSR count). The van der Waals surface area contributed by atoms with Gasteiger partial charge in [0.05, 0.1) is 13.2 Å². The summed E-state index contributed by atoms with van der Waals surface area (Å²) in [6.45, 7) is 2.45. The molecule has 0 aliphatic rings. The summed E-state index contributed by atoms with van der Waals surface area (Å²) >= 11 is 1.19. The number of ether oxygens (including phenoxy) is 1. The molecule has 1 heterocycles. The van der Waals surface area contributed by atoms with Crippen molar-refractivity contribution in [1.82, 2.24) is 5.32 Å². The molecule has 0 radical (unpaired) electrons. The number of urea groups is 1. The maximum Gasteiger partial charge on any atom is 0.341 e. The zero-order chi connectivity index (χ0) is 18.6. The number of hydrogen-bond donors (Lipinski definition) is 4. The lowest BCUT2D eigenvalue weighted by Gasteiger charge is -2.18. The number of amides is 2. The molecule has 0 aliphatic carbocycles. The molecule has 8 nitrogen and oxygen atoms in total. The van der Waals surface area contributed by atoms with E-state index in [0.717, 1.165) is 11.6 Å². The molecule has 1 aromatic heterocycles. The van der Waals surface area contributed by atoms with Crippen LogP contribution in [0.5, 0.6) is 0 Å². The normalized spacial score (nSPS) is 13.1. The lowest BCUT2D eigenvalue weighted by atomic mass is 10.1. The molecule has 0 saturated carbocycles. The van der Waals surface area contributed by atoms with Gasteiger partial charge in [0.15, 0.2) is 5.60 Å². The number of carbonyl (C=O) groups is 3. The number of anilines is 1. The summed E-state index contributed by atoms with van der Waals surface area (Å²) in [4.78, 5) is 35.1. The smallest absolute Gasteiger partial charge is 0.341 e. The summed E-state index contributed by atoms with van der Waals surface area (Å²) < 4.78 is 5.83. The van der Waals surface area contributed by atoms with Crippen molar-refractivity contribution in [2.24, 2.45) is 0 Å². The number of aliphatic carboxylic acids is 1. The Morgan fingerprint density at radius 1 is 1.28 bits per heavy atom. The van der Waals surface area contributed by atoms with Gasteiger partial charge in [-0.3, -0.25) is 5.32 Å². The molecule has 0 aliphatic heterocycles. The van der Waals surface area contributed by atoms with E-state index in [9.17, 15) is 19.5 Å². The Hall–Kier alpha value is -2.65. The van der Waals surface area contributed by atoms with Crippen LogP contribution in [0.25, 0.3) is 10.1 Å². The maximum absolute atomic E-state index is 12.2. The van der Waals surface area contributed by atoms with Crippen LogP contribution < -0.4 is 10.6 Å². The first-order valence-electron chi connectivity index (χ1n) is 7.45. The van der Waals surface area contributed by atoms with E-state index in [4.69, 9.17) is 9.84 Å². The van der Waals surface area contributed by atoms with Crippen molar-refractivity contribution in [2.75, 3.05) is 18.5 Å². The first-order valence-corrected chi connectivity index (χ1v) is 8.27. The molecule has 2 amide bonds. The van der Waals surface area contributed by atoms with Gasteiger partial charge < -0.3 is 20.3 Å². The lowest BCUT2D eigenvalue weighted by Crippen LogP contribution is -2.47. The van der Waals surface area contributed by atoms with E-state index in [1.165, 1.54) is 11.3 Å². The fourth-order valence-corrected chi connectivity index (χ4v) is 3.10. The molecule has 0 fully saturated rings. The van der Waals surface area contributed by atoms with Gasteiger partial charge in [-0.15, -0.1) is 11.3 Å². The zero-order valence-corrected chi connectivity index (χ0v) is 14.5. The van der Waals surface area contributed by atoms with Crippen LogP contribution in [-0.2, 0) is 9.53 Å². The Kier molecular flexibility index (Phi) is 5.60. The van der Waals surface area contributed by atoms with Crippen molar-refractivity contribution in [3.63, 3.8) is 0 Å². The largest absolute Gasteiger partial charge is 0.479 e. The van der Waals surface area contributed by atoms with Crippen LogP contribution in [-0.4, -0.2) is 46.9 Å². The number of rotatable bonds is 6. The first-order chi connectivity index (χ1) is 11.8. The van der Waals surface area contributed by atoms with Gasteiger partial charge in [-0.25, -0.2) is 14.4 Å². The third kappa shape index (κ3) is 4.25. The van der Waals surface area contributed by atoms with E-state index in [-0.39, 0.29) is 17.2 Å². The van der Waals surface area contributed by atoms with Crippen LogP contribution in [0.1, 0.15) is 24.2 Å². The predicted octanol–water partition coefficient (Wildman–Crippen LogP) is 2.04. The van der Waals surface area contributed by atoms with Gasteiger partial charge in [0.25, 0.3) is 0 Å². The molecule has 25 heavy (non-hydrogen) atoms. The molecule has 134 valence electrons. The Labute approximate surface area is 147 Å². The van der Waals surface area contributed by atoms with Crippen molar-refractivity contribution in [3.8, 4) is 0 Å². The summed E-state index contributed by atoms with van der Waals surface area (Å²) in [6, 6.07) is 6.39. The summed E-state index contributed by atoms with van der Waals surface area (Å²) in [6.07, 6.45) is 0. The maximum atomic E-state index is 12.2. The Morgan fingerprint density at radius 2 is 1.96 bits per heavy atom. The third-order valence-corrected chi connectivity index (χ3v) is 4.44. The first kappa shape index (κ1) is 18.7. The number of fused-ring (bicyclic) bond motifs is 1. The zero-order valence-electron chi connectivity index (χ0n) is 13.7. The summed E-state index contributed by atoms with van der Waals surface area (Å²) in [5.74, 6) is -2.02. The van der Waals surface area contributed by atoms with E-state index in [2.05, 4.69) is 10.6 Å². The highest BCUT2D eigenvalue weighted by molar-refractivity contribution is 7.23. The number of esters is 1. The molecule has 0 spiro atoms. The van der Waals surface area contributed by atoms with Crippen molar-refractivity contribution in [1.29, 1.82) is 0 Å². The third-order valence-electron chi connectivity index (χ3n) is 3.36. The van der Waals surface area contributed by atoms with E-state index >= 15 is 0 Å². The van der Waals surface area contributed by atoms with Crippen molar-refractivity contribution < 1.29 is 29.3 Å². The quantitative estimate of drug-likeness (QED) is 0.580. The van der Waals surface area contributed by atoms with Crippen LogP contribution in [0.3, 0.4) is 0 Å². The second-order valence-corrected chi connectivity index (χ2v) is 6.46. The molecule has 1 aromatic carbocycles. The van der Waals surface area contributed by atoms with Gasteiger partial charge in [0.1, 0.15) is 10.6 Å². The number of benzene rings is 1. The molecular formula is C16H18N2O6S. The molecule has 1 unspecified atom stereocenters. The highest BCUT2D eigenvalue weighted by atomic mass is 32.1. The lowest BCUT2D eigenvalue weighted by molar-refractivity contribution is -0.155. The van der Waals surface area contributed by atoms with E-state index in [1.807, 2.05) is 6.07 Å². The van der Waals surface area contributed by atoms with Crippen molar-refractivity contribution in [3.05, 3.63) is 29.8 Å². The minimum atomic E-state index is -2.10. The minimum absolute atomic E-state index is 0.191. The fraction of sp³-hybridized carbons (Fsp3) is 0.312. The molecule has 9 heteroatoms. The monoisotopic (exact) mass is 366 g/mol. The fourth-order valence-electron chi connectivity index (χ4n) is 2.01. The van der Waals surface area contributed by atoms with E-state index in [1.54, 1.807) is 25.1 Å². The minimum Gasteiger partial charge on any atom is -0.479 e. The van der Waals surface area contributed by atoms with Gasteiger partial charge in [-0.1, -0.05) is 18.2 Å². The van der Waals surface area contributed by atoms with Gasteiger partial charge in [0.2, 0.25) is 0 Å². The molecule has 0 bridgehead atoms. The second-order valence-electron chi connectivity index (χ2n) is 5.41. The molecule has 0 saturated heterocycles. The Bertz CT molecular complexity index is 814. The number of hydrogen-bond acceptors (Lipinski definition) is 6. The number of nitrogens with one attached hydrogen (secondary N) is 2. The topological polar surface area (TPSA) is 125 Å². The summed E-state index contributed by atoms with van der Waals surface area (Å²) in [7, 11) is 0. The number of carboxylic acids is 1. The van der Waals surface area contributed by atoms with Gasteiger partial charge in [0, 0.05) is 10.1 Å². The van der Waals surface area contributed by atoms with Gasteiger partial charge >= 0.3 is 18.0 Å². The van der Waals surface area contributed by atoms with Crippen LogP contribution >= 0.6 is 11.3 Å². The number of aliphatic hydroxyl groups is 1. The predicted molar refractivity (Wildman–Crippen MR) is 93.1 cm³/mol. The number of carbonyl (C=O) groups excluding carboxylic acids is 2. The van der Waals surface area contributed by atoms with E-state index in [0.29, 0.717) is 5.39 Å². The average Bonchev–Trinajstić information content (AvgIpc) is 2.91. The van der Waals surface area contributed by atoms with Crippen LogP contribution in [0.4, 0.5) is 9.80 Å². The van der Waals surface area contributed by atoms with Gasteiger partial charge in [-0.05, 0) is 19.9 Å². The SMILES string of the molecule is CCOC(=O)c1c(NC(=O)NCC(C)(O)C(=O)O)sc2ccccc12. The highest BCUT2D eigenvalue weighted by Gasteiger charge is 2.30. The number of thiophene rings is 1. The van der Waals surface area contributed by atoms with Crippen LogP contribution in [0, 0.1) is 0 Å². The van der Waals surface area contributed by atoms with Crippen LogP contribution in [0.15, 0.2) is 24.3 Å². The molecule has 4 N–H and O–H groups in total. The molecular weight excluding hydrogens is 348 g/mol. The number of carboxylic acid groups (broad SMARTS) is 1. The highest BCUT2D eigenvalue weighted by Crippen LogP contribution is 2.36.